The largest absolute Gasteiger partial charge is 0.454 e. The fraction of sp³-hybridized carbons (Fsp3) is 0.200. The molecule has 0 spiro atoms. The molecule has 0 bridgehead atoms. The van der Waals surface area contributed by atoms with Gasteiger partial charge >= 0.3 is 0 Å². The van der Waals surface area contributed by atoms with Gasteiger partial charge in [-0.2, -0.15) is 0 Å². The van der Waals surface area contributed by atoms with Crippen LogP contribution < -0.4 is 9.80 Å². The van der Waals surface area contributed by atoms with Gasteiger partial charge in [0.25, 0.3) is 0 Å². The van der Waals surface area contributed by atoms with Gasteiger partial charge in [-0.25, -0.2) is 0 Å². The van der Waals surface area contributed by atoms with Gasteiger partial charge in [0.1, 0.15) is 11.7 Å². The summed E-state index contributed by atoms with van der Waals surface area (Å²) in [5, 5.41) is 2.34. The highest BCUT2D eigenvalue weighted by molar-refractivity contribution is 6.09. The van der Waals surface area contributed by atoms with Crippen molar-refractivity contribution in [3.8, 4) is 0 Å². The molecule has 1 atom stereocenters. The predicted octanol–water partition coefficient (Wildman–Crippen LogP) is 6.66. The maximum absolute atomic E-state index is 6.32. The number of hydrogen-bond acceptors (Lipinski definition) is 3. The third-order valence-electron chi connectivity index (χ3n) is 5.87. The molecule has 140 valence electrons. The van der Waals surface area contributed by atoms with Crippen LogP contribution in [0.5, 0.6) is 0 Å². The van der Waals surface area contributed by atoms with Crippen LogP contribution in [0.15, 0.2) is 71.4 Å². The Morgan fingerprint density at radius 2 is 1.32 bits per heavy atom. The molecule has 1 aliphatic heterocycles. The van der Waals surface area contributed by atoms with E-state index in [-0.39, 0.29) is 6.17 Å². The number of hydrogen-bond donors (Lipinski definition) is 0. The monoisotopic (exact) mass is 368 g/mol. The standard InChI is InChI=1S/C25H24N2O/c1-16-8-7-9-17(2)23(16)26-14-15-27(19(26)4)24-18(3)12-13-21-20-10-5-6-11-22(20)28-25(21)24/h5-15,19H,1-4H3/t19-/m1/s1. The highest BCUT2D eigenvalue weighted by Gasteiger charge is 2.29. The summed E-state index contributed by atoms with van der Waals surface area (Å²) >= 11 is 0. The summed E-state index contributed by atoms with van der Waals surface area (Å²) in [5.41, 5.74) is 8.11. The van der Waals surface area contributed by atoms with E-state index in [0.717, 1.165) is 16.9 Å². The van der Waals surface area contributed by atoms with Crippen molar-refractivity contribution in [3.05, 3.63) is 83.7 Å². The summed E-state index contributed by atoms with van der Waals surface area (Å²) in [7, 11) is 0. The topological polar surface area (TPSA) is 19.6 Å². The Morgan fingerprint density at radius 1 is 0.679 bits per heavy atom. The van der Waals surface area contributed by atoms with Crippen molar-refractivity contribution < 1.29 is 4.42 Å². The molecule has 4 aromatic rings. The molecule has 3 heteroatoms. The minimum Gasteiger partial charge on any atom is -0.454 e. The molecular formula is C25H24N2O. The maximum Gasteiger partial charge on any atom is 0.159 e. The van der Waals surface area contributed by atoms with E-state index >= 15 is 0 Å². The second kappa shape index (κ2) is 6.16. The summed E-state index contributed by atoms with van der Waals surface area (Å²) in [5.74, 6) is 0. The number of aryl methyl sites for hydroxylation is 3. The Kier molecular flexibility index (Phi) is 3.73. The maximum atomic E-state index is 6.32. The van der Waals surface area contributed by atoms with Crippen molar-refractivity contribution in [2.75, 3.05) is 9.80 Å². The van der Waals surface area contributed by atoms with Gasteiger partial charge in [0.2, 0.25) is 0 Å². The molecule has 0 saturated carbocycles. The van der Waals surface area contributed by atoms with Crippen molar-refractivity contribution in [1.29, 1.82) is 0 Å². The number of nitrogens with zero attached hydrogens (tertiary/aromatic N) is 2. The van der Waals surface area contributed by atoms with Crippen LogP contribution in [0.1, 0.15) is 23.6 Å². The van der Waals surface area contributed by atoms with Crippen LogP contribution in [0.3, 0.4) is 0 Å². The van der Waals surface area contributed by atoms with E-state index in [1.54, 1.807) is 0 Å². The SMILES string of the molecule is Cc1cccc(C)c1N1C=CN(c2c(C)ccc3c2oc2ccccc23)[C@@H]1C. The smallest absolute Gasteiger partial charge is 0.159 e. The number of rotatable bonds is 2. The fourth-order valence-electron chi connectivity index (χ4n) is 4.46. The second-order valence-electron chi connectivity index (χ2n) is 7.69. The zero-order valence-corrected chi connectivity index (χ0v) is 16.7. The number of fused-ring (bicyclic) bond motifs is 3. The Hall–Kier alpha value is -3.20. The van der Waals surface area contributed by atoms with Crippen molar-refractivity contribution in [1.82, 2.24) is 0 Å². The van der Waals surface area contributed by atoms with Crippen molar-refractivity contribution in [2.24, 2.45) is 0 Å². The van der Waals surface area contributed by atoms with Gasteiger partial charge in [-0.15, -0.1) is 0 Å². The average Bonchev–Trinajstić information content (AvgIpc) is 3.23. The molecule has 0 saturated heterocycles. The summed E-state index contributed by atoms with van der Waals surface area (Å²) in [6.45, 7) is 8.75. The molecule has 28 heavy (non-hydrogen) atoms. The lowest BCUT2D eigenvalue weighted by molar-refractivity contribution is 0.662. The summed E-state index contributed by atoms with van der Waals surface area (Å²) in [4.78, 5) is 4.68. The van der Waals surface area contributed by atoms with E-state index in [1.165, 1.54) is 33.2 Å². The Morgan fingerprint density at radius 3 is 2.07 bits per heavy atom. The second-order valence-corrected chi connectivity index (χ2v) is 7.69. The first-order valence-corrected chi connectivity index (χ1v) is 9.78. The number of benzene rings is 3. The highest BCUT2D eigenvalue weighted by Crippen LogP contribution is 2.41. The molecular weight excluding hydrogens is 344 g/mol. The molecule has 0 aliphatic carbocycles. The zero-order valence-electron chi connectivity index (χ0n) is 16.7. The molecule has 1 aromatic heterocycles. The van der Waals surface area contributed by atoms with E-state index in [4.69, 9.17) is 4.42 Å². The van der Waals surface area contributed by atoms with E-state index in [1.807, 2.05) is 12.1 Å². The van der Waals surface area contributed by atoms with Crippen LogP contribution in [-0.4, -0.2) is 6.17 Å². The van der Waals surface area contributed by atoms with Gasteiger partial charge in [-0.05, 0) is 50.5 Å². The number of furan rings is 1. The van der Waals surface area contributed by atoms with Crippen LogP contribution in [0.2, 0.25) is 0 Å². The van der Waals surface area contributed by atoms with Crippen LogP contribution in [0.25, 0.3) is 21.9 Å². The van der Waals surface area contributed by atoms with E-state index in [2.05, 4.69) is 92.4 Å². The van der Waals surface area contributed by atoms with E-state index < -0.39 is 0 Å². The van der Waals surface area contributed by atoms with Crippen molar-refractivity contribution in [2.45, 2.75) is 33.9 Å². The molecule has 0 fully saturated rings. The van der Waals surface area contributed by atoms with Crippen LogP contribution in [-0.2, 0) is 0 Å². The number of para-hydroxylation sites is 2. The Bertz CT molecular complexity index is 1210. The average molecular weight is 368 g/mol. The van der Waals surface area contributed by atoms with Gasteiger partial charge in [0.05, 0.1) is 5.69 Å². The first-order chi connectivity index (χ1) is 13.6. The molecule has 0 unspecified atom stereocenters. The fourth-order valence-corrected chi connectivity index (χ4v) is 4.46. The molecule has 0 N–H and O–H groups in total. The summed E-state index contributed by atoms with van der Waals surface area (Å²) in [6, 6.07) is 19.1. The lowest BCUT2D eigenvalue weighted by Crippen LogP contribution is -2.37. The molecule has 3 aromatic carbocycles. The molecule has 0 amide bonds. The Balaban J connectivity index is 1.65. The van der Waals surface area contributed by atoms with Crippen LogP contribution >= 0.6 is 0 Å². The van der Waals surface area contributed by atoms with Gasteiger partial charge in [-0.3, -0.25) is 0 Å². The summed E-state index contributed by atoms with van der Waals surface area (Å²) < 4.78 is 6.32. The zero-order chi connectivity index (χ0) is 19.4. The van der Waals surface area contributed by atoms with Gasteiger partial charge < -0.3 is 14.2 Å². The minimum atomic E-state index is 0.164. The number of anilines is 2. The minimum absolute atomic E-state index is 0.164. The Labute approximate surface area is 165 Å². The lowest BCUT2D eigenvalue weighted by Gasteiger charge is -2.32. The summed E-state index contributed by atoms with van der Waals surface area (Å²) in [6.07, 6.45) is 4.52. The van der Waals surface area contributed by atoms with Crippen molar-refractivity contribution in [3.63, 3.8) is 0 Å². The van der Waals surface area contributed by atoms with Gasteiger partial charge in [0.15, 0.2) is 5.58 Å². The highest BCUT2D eigenvalue weighted by atomic mass is 16.3. The normalized spacial score (nSPS) is 16.6. The third kappa shape index (κ3) is 2.36. The van der Waals surface area contributed by atoms with Crippen molar-refractivity contribution >= 4 is 33.3 Å². The van der Waals surface area contributed by atoms with Gasteiger partial charge in [0, 0.05) is 28.9 Å². The molecule has 0 radical (unpaired) electrons. The van der Waals surface area contributed by atoms with E-state index in [0.29, 0.717) is 0 Å². The quantitative estimate of drug-likeness (QED) is 0.395. The van der Waals surface area contributed by atoms with E-state index in [9.17, 15) is 0 Å². The first kappa shape index (κ1) is 16.9. The predicted molar refractivity (Wildman–Crippen MR) is 118 cm³/mol. The van der Waals surface area contributed by atoms with Crippen LogP contribution in [0, 0.1) is 20.8 Å². The third-order valence-corrected chi connectivity index (χ3v) is 5.87. The lowest BCUT2D eigenvalue weighted by atomic mass is 10.1. The van der Waals surface area contributed by atoms with Crippen LogP contribution in [0.4, 0.5) is 11.4 Å². The molecule has 5 rings (SSSR count). The molecule has 2 heterocycles. The first-order valence-electron chi connectivity index (χ1n) is 9.78. The van der Waals surface area contributed by atoms with Gasteiger partial charge in [-0.1, -0.05) is 48.5 Å². The molecule has 1 aliphatic rings. The molecule has 3 nitrogen and oxygen atoms in total.